The van der Waals surface area contributed by atoms with Crippen molar-refractivity contribution in [1.29, 1.82) is 0 Å². The number of carbonyl (C=O) groups is 1. The Hall–Kier alpha value is -2.14. The van der Waals surface area contributed by atoms with Crippen LogP contribution in [0.3, 0.4) is 0 Å². The van der Waals surface area contributed by atoms with Gasteiger partial charge >= 0.3 is 5.97 Å². The number of esters is 1. The highest BCUT2D eigenvalue weighted by Crippen LogP contribution is 2.52. The van der Waals surface area contributed by atoms with Gasteiger partial charge in [0, 0.05) is 22.7 Å². The molecule has 30 heavy (non-hydrogen) atoms. The maximum atomic E-state index is 11.9. The summed E-state index contributed by atoms with van der Waals surface area (Å²) in [7, 11) is 0. The van der Waals surface area contributed by atoms with Crippen molar-refractivity contribution in [2.75, 3.05) is 6.61 Å². The van der Waals surface area contributed by atoms with E-state index in [4.69, 9.17) is 30.5 Å². The Morgan fingerprint density at radius 3 is 1.97 bits per heavy atom. The number of rotatable bonds is 10. The molecule has 0 spiro atoms. The summed E-state index contributed by atoms with van der Waals surface area (Å²) >= 11 is 6.31. The van der Waals surface area contributed by atoms with Crippen molar-refractivity contribution >= 4 is 28.3 Å². The van der Waals surface area contributed by atoms with Crippen molar-refractivity contribution in [3.05, 3.63) is 23.2 Å². The molecule has 0 radical (unpaired) electrons. The molecular weight excluding hydrogens is 404 g/mol. The lowest BCUT2D eigenvalue weighted by atomic mass is 10.1. The van der Waals surface area contributed by atoms with Gasteiger partial charge in [-0.05, 0) is 50.8 Å². The van der Waals surface area contributed by atoms with E-state index in [1.807, 2.05) is 33.8 Å². The molecule has 0 bridgehead atoms. The van der Waals surface area contributed by atoms with Crippen LogP contribution in [0, 0.1) is 5.92 Å². The minimum atomic E-state index is -0.439. The molecule has 0 N–H and O–H groups in total. The molecule has 166 valence electrons. The van der Waals surface area contributed by atoms with Crippen molar-refractivity contribution in [3.8, 4) is 23.0 Å². The second-order valence-corrected chi connectivity index (χ2v) is 8.41. The van der Waals surface area contributed by atoms with Gasteiger partial charge in [-0.3, -0.25) is 4.79 Å². The quantitative estimate of drug-likeness (QED) is 0.302. The minimum Gasteiger partial charge on any atom is -0.489 e. The van der Waals surface area contributed by atoms with E-state index in [1.165, 1.54) is 6.92 Å². The molecule has 2 rings (SSSR count). The second-order valence-electron chi connectivity index (χ2n) is 7.98. The first-order chi connectivity index (χ1) is 14.2. The molecule has 0 saturated heterocycles. The topological polar surface area (TPSA) is 54.0 Å². The van der Waals surface area contributed by atoms with Gasteiger partial charge in [-0.15, -0.1) is 0 Å². The van der Waals surface area contributed by atoms with Crippen LogP contribution in [-0.4, -0.2) is 24.8 Å². The van der Waals surface area contributed by atoms with E-state index in [-0.39, 0.29) is 12.2 Å². The molecular formula is C24H33ClO5. The maximum Gasteiger partial charge on any atom is 0.308 e. The first-order valence-electron chi connectivity index (χ1n) is 10.6. The van der Waals surface area contributed by atoms with Gasteiger partial charge < -0.3 is 18.9 Å². The van der Waals surface area contributed by atoms with Crippen molar-refractivity contribution < 1.29 is 23.7 Å². The molecule has 2 unspecified atom stereocenters. The summed E-state index contributed by atoms with van der Waals surface area (Å²) in [5.41, 5.74) is 0. The highest BCUT2D eigenvalue weighted by atomic mass is 35.5. The predicted octanol–water partition coefficient (Wildman–Crippen LogP) is 6.81. The summed E-state index contributed by atoms with van der Waals surface area (Å²) in [6, 6.07) is 5.37. The molecule has 0 aliphatic heterocycles. The van der Waals surface area contributed by atoms with E-state index in [0.717, 1.165) is 12.8 Å². The highest BCUT2D eigenvalue weighted by Gasteiger charge is 2.28. The lowest BCUT2D eigenvalue weighted by Gasteiger charge is -2.25. The van der Waals surface area contributed by atoms with Crippen LogP contribution in [0.2, 0.25) is 5.02 Å². The van der Waals surface area contributed by atoms with Gasteiger partial charge in [0.15, 0.2) is 11.5 Å². The summed E-state index contributed by atoms with van der Waals surface area (Å²) in [6.07, 6.45) is 1.38. The van der Waals surface area contributed by atoms with E-state index in [2.05, 4.69) is 13.8 Å². The first kappa shape index (κ1) is 24.1. The summed E-state index contributed by atoms with van der Waals surface area (Å²) in [5.74, 6) is 1.57. The first-order valence-corrected chi connectivity index (χ1v) is 11.0. The zero-order chi connectivity index (χ0) is 22.4. The minimum absolute atomic E-state index is 0.0903. The van der Waals surface area contributed by atoms with Gasteiger partial charge in [-0.2, -0.15) is 0 Å². The Morgan fingerprint density at radius 2 is 1.47 bits per heavy atom. The number of ether oxygens (including phenoxy) is 4. The van der Waals surface area contributed by atoms with Crippen LogP contribution >= 0.6 is 11.6 Å². The Kier molecular flexibility index (Phi) is 8.65. The molecule has 5 nitrogen and oxygen atoms in total. The van der Waals surface area contributed by atoms with Gasteiger partial charge in [0.25, 0.3) is 0 Å². The molecule has 2 atom stereocenters. The third-order valence-electron chi connectivity index (χ3n) is 4.68. The lowest BCUT2D eigenvalue weighted by molar-refractivity contribution is -0.131. The largest absolute Gasteiger partial charge is 0.489 e. The van der Waals surface area contributed by atoms with Crippen molar-refractivity contribution in [3.63, 3.8) is 0 Å². The molecule has 0 amide bonds. The molecule has 6 heteroatoms. The second kappa shape index (κ2) is 10.8. The molecule has 2 aromatic carbocycles. The smallest absolute Gasteiger partial charge is 0.308 e. The normalized spacial score (nSPS) is 13.2. The monoisotopic (exact) mass is 436 g/mol. The maximum absolute atomic E-state index is 11.9. The van der Waals surface area contributed by atoms with Crippen LogP contribution in [0.4, 0.5) is 0 Å². The Balaban J connectivity index is 2.89. The molecule has 0 aliphatic rings. The van der Waals surface area contributed by atoms with E-state index in [0.29, 0.717) is 51.3 Å². The fraction of sp³-hybridized carbons (Fsp3) is 0.542. The van der Waals surface area contributed by atoms with Crippen LogP contribution in [-0.2, 0) is 4.79 Å². The van der Waals surface area contributed by atoms with Crippen LogP contribution in [0.15, 0.2) is 18.2 Å². The Labute approximate surface area is 184 Å². The summed E-state index contributed by atoms with van der Waals surface area (Å²) in [4.78, 5) is 11.9. The SMILES string of the molecule is CCC(C)Oc1c(OC(C)CC)c(OC(C)=O)c2ccc(Cl)cc2c1OCC(C)C. The van der Waals surface area contributed by atoms with Crippen LogP contribution < -0.4 is 18.9 Å². The van der Waals surface area contributed by atoms with Crippen molar-refractivity contribution in [2.45, 2.75) is 73.5 Å². The molecule has 0 aliphatic carbocycles. The van der Waals surface area contributed by atoms with Gasteiger partial charge in [-0.25, -0.2) is 0 Å². The molecule has 0 fully saturated rings. The summed E-state index contributed by atoms with van der Waals surface area (Å²) < 4.78 is 24.4. The van der Waals surface area contributed by atoms with Crippen LogP contribution in [0.1, 0.15) is 61.3 Å². The molecule has 0 heterocycles. The fourth-order valence-corrected chi connectivity index (χ4v) is 2.95. The average Bonchev–Trinajstić information content (AvgIpc) is 2.68. The highest BCUT2D eigenvalue weighted by molar-refractivity contribution is 6.31. The van der Waals surface area contributed by atoms with Gasteiger partial charge in [-0.1, -0.05) is 39.3 Å². The average molecular weight is 437 g/mol. The standard InChI is InChI=1S/C24H33ClO5/c1-8-15(5)28-23-21(27-13-14(3)4)20-12-18(25)10-11-19(20)22(30-17(7)26)24(23)29-16(6)9-2/h10-12,14-16H,8-9,13H2,1-7H3. The van der Waals surface area contributed by atoms with E-state index < -0.39 is 5.97 Å². The number of fused-ring (bicyclic) bond motifs is 1. The van der Waals surface area contributed by atoms with Gasteiger partial charge in [0.1, 0.15) is 0 Å². The van der Waals surface area contributed by atoms with Crippen LogP contribution in [0.5, 0.6) is 23.0 Å². The zero-order valence-electron chi connectivity index (χ0n) is 19.0. The molecule has 0 aromatic heterocycles. The summed E-state index contributed by atoms with van der Waals surface area (Å²) in [6.45, 7) is 14.0. The van der Waals surface area contributed by atoms with E-state index in [9.17, 15) is 4.79 Å². The summed E-state index contributed by atoms with van der Waals surface area (Å²) in [5, 5.41) is 1.95. The molecule has 0 saturated carbocycles. The molecule has 2 aromatic rings. The third kappa shape index (κ3) is 5.94. The Bertz CT molecular complexity index is 878. The van der Waals surface area contributed by atoms with Crippen LogP contribution in [0.25, 0.3) is 10.8 Å². The zero-order valence-corrected chi connectivity index (χ0v) is 19.8. The van der Waals surface area contributed by atoms with E-state index in [1.54, 1.807) is 12.1 Å². The fourth-order valence-electron chi connectivity index (χ4n) is 2.77. The number of benzene rings is 2. The van der Waals surface area contributed by atoms with Crippen molar-refractivity contribution in [2.24, 2.45) is 5.92 Å². The number of carbonyl (C=O) groups excluding carboxylic acids is 1. The van der Waals surface area contributed by atoms with E-state index >= 15 is 0 Å². The number of hydrogen-bond donors (Lipinski definition) is 0. The number of halogens is 1. The lowest BCUT2D eigenvalue weighted by Crippen LogP contribution is -2.17. The van der Waals surface area contributed by atoms with Gasteiger partial charge in [0.05, 0.1) is 18.8 Å². The Morgan fingerprint density at radius 1 is 0.900 bits per heavy atom. The third-order valence-corrected chi connectivity index (χ3v) is 4.92. The van der Waals surface area contributed by atoms with Gasteiger partial charge in [0.2, 0.25) is 11.5 Å². The number of hydrogen-bond acceptors (Lipinski definition) is 5. The van der Waals surface area contributed by atoms with Crippen molar-refractivity contribution in [1.82, 2.24) is 0 Å². The predicted molar refractivity (Wildman–Crippen MR) is 121 cm³/mol.